The van der Waals surface area contributed by atoms with Gasteiger partial charge in [0, 0.05) is 18.6 Å². The highest BCUT2D eigenvalue weighted by molar-refractivity contribution is 5.84. The largest absolute Gasteiger partial charge is 0.383 e. The highest BCUT2D eigenvalue weighted by Gasteiger charge is 2.40. The number of amides is 2. The Morgan fingerprint density at radius 3 is 2.30 bits per heavy atom. The van der Waals surface area contributed by atoms with E-state index in [2.05, 4.69) is 24.1 Å². The highest BCUT2D eigenvalue weighted by Crippen LogP contribution is 2.27. The lowest BCUT2D eigenvalue weighted by atomic mass is 9.90. The lowest BCUT2D eigenvalue weighted by molar-refractivity contribution is -0.136. The summed E-state index contributed by atoms with van der Waals surface area (Å²) >= 11 is 0. The number of nitrogens with one attached hydrogen (secondary N) is 1. The maximum absolute atomic E-state index is 12.5. The molecule has 0 aromatic heterocycles. The van der Waals surface area contributed by atoms with Gasteiger partial charge in [0.2, 0.25) is 11.8 Å². The number of nitrogens with zero attached hydrogens (tertiary/aromatic N) is 2. The zero-order valence-electron chi connectivity index (χ0n) is 14.2. The van der Waals surface area contributed by atoms with Gasteiger partial charge in [-0.1, -0.05) is 0 Å². The molecule has 2 saturated heterocycles. The van der Waals surface area contributed by atoms with Gasteiger partial charge in [-0.2, -0.15) is 0 Å². The molecule has 130 valence electrons. The molecule has 2 N–H and O–H groups in total. The fourth-order valence-electron chi connectivity index (χ4n) is 3.81. The van der Waals surface area contributed by atoms with Gasteiger partial charge in [-0.05, 0) is 65.0 Å². The summed E-state index contributed by atoms with van der Waals surface area (Å²) in [5.41, 5.74) is 0. The molecule has 0 aromatic rings. The monoisotopic (exact) mass is 323 g/mol. The Morgan fingerprint density at radius 2 is 1.78 bits per heavy atom. The van der Waals surface area contributed by atoms with Crippen molar-refractivity contribution in [2.24, 2.45) is 5.92 Å². The summed E-state index contributed by atoms with van der Waals surface area (Å²) < 4.78 is 0. The molecule has 2 amide bonds. The third-order valence-corrected chi connectivity index (χ3v) is 5.49. The van der Waals surface area contributed by atoms with Crippen LogP contribution in [0.4, 0.5) is 0 Å². The minimum atomic E-state index is -0.899. The Hall–Kier alpha value is -1.14. The van der Waals surface area contributed by atoms with Gasteiger partial charge in [-0.25, -0.2) is 0 Å². The van der Waals surface area contributed by atoms with E-state index in [9.17, 15) is 14.7 Å². The number of carbonyl (C=O) groups is 2. The van der Waals surface area contributed by atoms with E-state index in [4.69, 9.17) is 0 Å². The molecular weight excluding hydrogens is 294 g/mol. The van der Waals surface area contributed by atoms with Gasteiger partial charge < -0.3 is 15.3 Å². The summed E-state index contributed by atoms with van der Waals surface area (Å²) in [4.78, 5) is 28.6. The van der Waals surface area contributed by atoms with Crippen LogP contribution in [0.5, 0.6) is 0 Å². The van der Waals surface area contributed by atoms with Crippen molar-refractivity contribution in [2.45, 2.75) is 70.2 Å². The third-order valence-electron chi connectivity index (χ3n) is 5.49. The van der Waals surface area contributed by atoms with Crippen LogP contribution in [0, 0.1) is 5.92 Å². The van der Waals surface area contributed by atoms with Crippen LogP contribution in [-0.4, -0.2) is 70.6 Å². The smallest absolute Gasteiger partial charge is 0.249 e. The zero-order valence-corrected chi connectivity index (χ0v) is 14.2. The summed E-state index contributed by atoms with van der Waals surface area (Å²) in [5, 5.41) is 13.1. The number of rotatable bonds is 5. The minimum Gasteiger partial charge on any atom is -0.383 e. The van der Waals surface area contributed by atoms with Crippen molar-refractivity contribution in [3.8, 4) is 0 Å². The van der Waals surface area contributed by atoms with Crippen LogP contribution in [-0.2, 0) is 9.59 Å². The second-order valence-corrected chi connectivity index (χ2v) is 7.53. The Bertz CT molecular complexity index is 456. The van der Waals surface area contributed by atoms with E-state index >= 15 is 0 Å². The fraction of sp³-hybridized carbons (Fsp3) is 0.882. The maximum Gasteiger partial charge on any atom is 0.249 e. The SMILES string of the molecule is CC(C)N1CC[C@@H](N2CCC([C@H](O)C(=O)NC3CC3)CC2)C1=O. The van der Waals surface area contributed by atoms with E-state index < -0.39 is 6.10 Å². The number of piperidine rings is 1. The molecule has 0 aromatic carbocycles. The summed E-state index contributed by atoms with van der Waals surface area (Å²) in [7, 11) is 0. The molecule has 3 rings (SSSR count). The lowest BCUT2D eigenvalue weighted by Gasteiger charge is -2.36. The van der Waals surface area contributed by atoms with E-state index in [1.54, 1.807) is 0 Å². The quantitative estimate of drug-likeness (QED) is 0.766. The predicted octanol–water partition coefficient (Wildman–Crippen LogP) is 0.347. The molecule has 6 nitrogen and oxygen atoms in total. The molecule has 2 heterocycles. The molecule has 2 aliphatic heterocycles. The second kappa shape index (κ2) is 6.77. The molecule has 0 radical (unpaired) electrons. The van der Waals surface area contributed by atoms with E-state index in [1.807, 2.05) is 4.90 Å². The number of hydrogen-bond donors (Lipinski definition) is 2. The van der Waals surface area contributed by atoms with Crippen LogP contribution in [0.3, 0.4) is 0 Å². The predicted molar refractivity (Wildman–Crippen MR) is 86.7 cm³/mol. The van der Waals surface area contributed by atoms with Crippen molar-refractivity contribution in [3.63, 3.8) is 0 Å². The molecule has 1 aliphatic carbocycles. The Balaban J connectivity index is 1.48. The van der Waals surface area contributed by atoms with Crippen molar-refractivity contribution in [1.82, 2.24) is 15.1 Å². The molecule has 0 spiro atoms. The van der Waals surface area contributed by atoms with Crippen molar-refractivity contribution in [2.75, 3.05) is 19.6 Å². The third kappa shape index (κ3) is 3.69. The van der Waals surface area contributed by atoms with E-state index in [-0.39, 0.29) is 35.9 Å². The topological polar surface area (TPSA) is 72.9 Å². The van der Waals surface area contributed by atoms with Gasteiger partial charge in [0.1, 0.15) is 6.10 Å². The van der Waals surface area contributed by atoms with Crippen LogP contribution in [0.2, 0.25) is 0 Å². The Morgan fingerprint density at radius 1 is 1.13 bits per heavy atom. The first-order valence-electron chi connectivity index (χ1n) is 9.00. The first-order chi connectivity index (χ1) is 11.0. The number of aliphatic hydroxyl groups excluding tert-OH is 1. The summed E-state index contributed by atoms with van der Waals surface area (Å²) in [6.07, 6.45) is 3.63. The number of hydrogen-bond acceptors (Lipinski definition) is 4. The molecule has 2 atom stereocenters. The first-order valence-corrected chi connectivity index (χ1v) is 9.00. The second-order valence-electron chi connectivity index (χ2n) is 7.53. The van der Waals surface area contributed by atoms with Gasteiger partial charge >= 0.3 is 0 Å². The lowest BCUT2D eigenvalue weighted by Crippen LogP contribution is -2.50. The van der Waals surface area contributed by atoms with Gasteiger partial charge in [0.15, 0.2) is 0 Å². The molecule has 23 heavy (non-hydrogen) atoms. The maximum atomic E-state index is 12.5. The van der Waals surface area contributed by atoms with E-state index in [0.717, 1.165) is 51.7 Å². The van der Waals surface area contributed by atoms with Gasteiger partial charge in [-0.15, -0.1) is 0 Å². The number of carbonyl (C=O) groups excluding carboxylic acids is 2. The van der Waals surface area contributed by atoms with Crippen molar-refractivity contribution in [3.05, 3.63) is 0 Å². The van der Waals surface area contributed by atoms with Crippen LogP contribution in [0.25, 0.3) is 0 Å². The molecule has 3 fully saturated rings. The van der Waals surface area contributed by atoms with E-state index in [0.29, 0.717) is 0 Å². The highest BCUT2D eigenvalue weighted by atomic mass is 16.3. The average molecular weight is 323 g/mol. The minimum absolute atomic E-state index is 0.00390. The van der Waals surface area contributed by atoms with Crippen molar-refractivity contribution >= 4 is 11.8 Å². The fourth-order valence-corrected chi connectivity index (χ4v) is 3.81. The molecule has 0 unspecified atom stereocenters. The average Bonchev–Trinajstić information content (AvgIpc) is 3.26. The normalized spacial score (nSPS) is 28.4. The van der Waals surface area contributed by atoms with Gasteiger partial charge in [0.25, 0.3) is 0 Å². The molecule has 6 heteroatoms. The van der Waals surface area contributed by atoms with Crippen molar-refractivity contribution < 1.29 is 14.7 Å². The Labute approximate surface area is 138 Å². The van der Waals surface area contributed by atoms with Crippen LogP contribution in [0.1, 0.15) is 46.0 Å². The number of likely N-dealkylation sites (tertiary alicyclic amines) is 2. The molecular formula is C17H29N3O3. The van der Waals surface area contributed by atoms with Gasteiger partial charge in [-0.3, -0.25) is 14.5 Å². The van der Waals surface area contributed by atoms with Crippen LogP contribution < -0.4 is 5.32 Å². The number of aliphatic hydroxyl groups is 1. The van der Waals surface area contributed by atoms with Gasteiger partial charge in [0.05, 0.1) is 6.04 Å². The van der Waals surface area contributed by atoms with Crippen LogP contribution >= 0.6 is 0 Å². The summed E-state index contributed by atoms with van der Waals surface area (Å²) in [5.74, 6) is 0.0436. The molecule has 1 saturated carbocycles. The first kappa shape index (κ1) is 16.7. The van der Waals surface area contributed by atoms with Crippen LogP contribution in [0.15, 0.2) is 0 Å². The Kier molecular flexibility index (Phi) is 4.92. The summed E-state index contributed by atoms with van der Waals surface area (Å²) in [6.45, 7) is 6.54. The van der Waals surface area contributed by atoms with Crippen molar-refractivity contribution in [1.29, 1.82) is 0 Å². The standard InChI is InChI=1S/C17H29N3O3/c1-11(2)20-10-7-14(17(20)23)19-8-5-12(6-9-19)15(21)16(22)18-13-3-4-13/h11-15,21H,3-10H2,1-2H3,(H,18,22)/t14-,15+/m1/s1. The zero-order chi connectivity index (χ0) is 16.6. The molecule has 3 aliphatic rings. The molecule has 0 bridgehead atoms. The summed E-state index contributed by atoms with van der Waals surface area (Å²) in [6, 6.07) is 0.545. The van der Waals surface area contributed by atoms with E-state index in [1.165, 1.54) is 0 Å².